The normalized spacial score (nSPS) is 12.3. The first kappa shape index (κ1) is 40.1. The van der Waals surface area contributed by atoms with Crippen molar-refractivity contribution in [2.75, 3.05) is 21.3 Å². The molecular formula is C38H43N3O9. The van der Waals surface area contributed by atoms with Crippen LogP contribution in [0.15, 0.2) is 115 Å². The van der Waals surface area contributed by atoms with Crippen LogP contribution in [0.25, 0.3) is 0 Å². The lowest BCUT2D eigenvalue weighted by Gasteiger charge is -2.16. The molecule has 0 aliphatic carbocycles. The molecule has 50 heavy (non-hydrogen) atoms. The highest BCUT2D eigenvalue weighted by Crippen LogP contribution is 2.07. The van der Waals surface area contributed by atoms with E-state index in [2.05, 4.69) is 20.7 Å². The standard InChI is InChI=1S/C24H26N2O6.C14H17NO3/c1-31-23(29)19(25-21(27)17-11-5-3-6-12-17)15-9-10-16-20(24(30)32-2)26-22(28)18-13-7-4-8-14-18;1-3-4-10-12(14(17)18-2)15-13(16)11-8-6-5-7-9-11/h3-14,19-20H,15-16H2,1-2H3,(H,25,27)(H,26,28);3-9,12H,10H2,1-2H3,(H,15,16)/t19-,20?;12-/m00/s1. The van der Waals surface area contributed by atoms with Crippen LogP contribution >= 0.6 is 0 Å². The van der Waals surface area contributed by atoms with Gasteiger partial charge in [0, 0.05) is 16.7 Å². The molecule has 12 heteroatoms. The molecule has 0 aliphatic heterocycles. The molecule has 3 aromatic rings. The fourth-order valence-corrected chi connectivity index (χ4v) is 4.30. The minimum Gasteiger partial charge on any atom is -0.467 e. The van der Waals surface area contributed by atoms with Gasteiger partial charge in [-0.1, -0.05) is 78.9 Å². The highest BCUT2D eigenvalue weighted by molar-refractivity contribution is 5.98. The Morgan fingerprint density at radius 2 is 0.740 bits per heavy atom. The molecule has 0 fully saturated rings. The molecule has 0 saturated heterocycles. The van der Waals surface area contributed by atoms with E-state index in [0.29, 0.717) is 23.1 Å². The zero-order valence-corrected chi connectivity index (χ0v) is 28.5. The van der Waals surface area contributed by atoms with E-state index in [1.807, 2.05) is 25.1 Å². The van der Waals surface area contributed by atoms with E-state index in [0.717, 1.165) is 0 Å². The van der Waals surface area contributed by atoms with Gasteiger partial charge in [0.1, 0.15) is 18.1 Å². The quantitative estimate of drug-likeness (QED) is 0.121. The number of hydrogen-bond donors (Lipinski definition) is 3. The summed E-state index contributed by atoms with van der Waals surface area (Å²) in [5.41, 5.74) is 1.35. The second kappa shape index (κ2) is 22.5. The SMILES string of the molecule is CC=CC[C@H](NC(=O)c1ccccc1)C(=O)OC.COC(=O)C(CC=CC[C@H](NC(=O)c1ccccc1)C(=O)OC)NC(=O)c1ccccc1. The van der Waals surface area contributed by atoms with E-state index in [9.17, 15) is 28.8 Å². The lowest BCUT2D eigenvalue weighted by atomic mass is 10.1. The molecule has 0 bridgehead atoms. The molecule has 3 atom stereocenters. The summed E-state index contributed by atoms with van der Waals surface area (Å²) in [7, 11) is 3.78. The summed E-state index contributed by atoms with van der Waals surface area (Å²) in [6.07, 6.45) is 7.62. The maximum absolute atomic E-state index is 12.3. The van der Waals surface area contributed by atoms with Crippen LogP contribution in [-0.2, 0) is 28.6 Å². The molecule has 264 valence electrons. The van der Waals surface area contributed by atoms with Gasteiger partial charge in [0.15, 0.2) is 0 Å². The maximum atomic E-state index is 12.3. The Kier molecular flexibility index (Phi) is 18.1. The average molecular weight is 686 g/mol. The van der Waals surface area contributed by atoms with Crippen LogP contribution in [0.5, 0.6) is 0 Å². The van der Waals surface area contributed by atoms with Gasteiger partial charge in [0.2, 0.25) is 0 Å². The van der Waals surface area contributed by atoms with Crippen molar-refractivity contribution in [3.05, 3.63) is 132 Å². The second-order valence-corrected chi connectivity index (χ2v) is 10.5. The highest BCUT2D eigenvalue weighted by atomic mass is 16.5. The first-order valence-electron chi connectivity index (χ1n) is 15.7. The van der Waals surface area contributed by atoms with Crippen molar-refractivity contribution in [1.29, 1.82) is 0 Å². The number of methoxy groups -OCH3 is 3. The van der Waals surface area contributed by atoms with Crippen molar-refractivity contribution in [2.45, 2.75) is 44.3 Å². The van der Waals surface area contributed by atoms with E-state index < -0.39 is 47.8 Å². The minimum atomic E-state index is -0.903. The molecular weight excluding hydrogens is 642 g/mol. The fourth-order valence-electron chi connectivity index (χ4n) is 4.30. The van der Waals surface area contributed by atoms with Crippen LogP contribution in [0.3, 0.4) is 0 Å². The summed E-state index contributed by atoms with van der Waals surface area (Å²) in [4.78, 5) is 72.2. The Hall–Kier alpha value is -6.04. The van der Waals surface area contributed by atoms with Crippen LogP contribution in [0, 0.1) is 0 Å². The molecule has 0 spiro atoms. The van der Waals surface area contributed by atoms with E-state index in [1.165, 1.54) is 21.3 Å². The van der Waals surface area contributed by atoms with Crippen molar-refractivity contribution in [1.82, 2.24) is 16.0 Å². The Morgan fingerprint density at radius 3 is 0.980 bits per heavy atom. The molecule has 3 N–H and O–H groups in total. The summed E-state index contributed by atoms with van der Waals surface area (Å²) in [6.45, 7) is 1.85. The average Bonchev–Trinajstić information content (AvgIpc) is 3.17. The van der Waals surface area contributed by atoms with Gasteiger partial charge in [-0.05, 0) is 62.6 Å². The van der Waals surface area contributed by atoms with E-state index in [-0.39, 0.29) is 18.7 Å². The predicted octanol–water partition coefficient (Wildman–Crippen LogP) is 4.19. The van der Waals surface area contributed by atoms with Gasteiger partial charge < -0.3 is 30.2 Å². The molecule has 3 amide bonds. The zero-order valence-electron chi connectivity index (χ0n) is 28.5. The lowest BCUT2D eigenvalue weighted by Crippen LogP contribution is -2.41. The minimum absolute atomic E-state index is 0.145. The molecule has 0 radical (unpaired) electrons. The van der Waals surface area contributed by atoms with Crippen LogP contribution in [-0.4, -0.2) is 75.1 Å². The molecule has 0 aromatic heterocycles. The van der Waals surface area contributed by atoms with Crippen molar-refractivity contribution in [2.24, 2.45) is 0 Å². The molecule has 3 aromatic carbocycles. The smallest absolute Gasteiger partial charge is 0.328 e. The van der Waals surface area contributed by atoms with Crippen molar-refractivity contribution in [3.63, 3.8) is 0 Å². The van der Waals surface area contributed by atoms with E-state index in [1.54, 1.807) is 97.1 Å². The van der Waals surface area contributed by atoms with Crippen LogP contribution in [0.4, 0.5) is 0 Å². The van der Waals surface area contributed by atoms with Crippen LogP contribution in [0.1, 0.15) is 57.3 Å². The topological polar surface area (TPSA) is 166 Å². The number of hydrogen-bond acceptors (Lipinski definition) is 9. The number of nitrogens with one attached hydrogen (secondary N) is 3. The summed E-state index contributed by atoms with van der Waals surface area (Å²) in [6, 6.07) is 23.3. The third kappa shape index (κ3) is 14.0. The van der Waals surface area contributed by atoms with Gasteiger partial charge in [0.05, 0.1) is 21.3 Å². The Morgan fingerprint density at radius 1 is 0.480 bits per heavy atom. The number of esters is 3. The fraction of sp³-hybridized carbons (Fsp3) is 0.263. The van der Waals surface area contributed by atoms with E-state index in [4.69, 9.17) is 9.47 Å². The number of carbonyl (C=O) groups is 6. The van der Waals surface area contributed by atoms with E-state index >= 15 is 0 Å². The molecule has 3 rings (SSSR count). The van der Waals surface area contributed by atoms with Gasteiger partial charge in [0.25, 0.3) is 17.7 Å². The van der Waals surface area contributed by atoms with Gasteiger partial charge in [-0.2, -0.15) is 0 Å². The third-order valence-corrected chi connectivity index (χ3v) is 7.00. The molecule has 1 unspecified atom stereocenters. The highest BCUT2D eigenvalue weighted by Gasteiger charge is 2.23. The van der Waals surface area contributed by atoms with Gasteiger partial charge >= 0.3 is 17.9 Å². The zero-order chi connectivity index (χ0) is 36.7. The first-order valence-corrected chi connectivity index (χ1v) is 15.7. The summed E-state index contributed by atoms with van der Waals surface area (Å²) >= 11 is 0. The van der Waals surface area contributed by atoms with Crippen molar-refractivity contribution < 1.29 is 43.0 Å². The number of benzene rings is 3. The summed E-state index contributed by atoms with van der Waals surface area (Å²) in [5.74, 6) is -2.73. The van der Waals surface area contributed by atoms with Crippen LogP contribution < -0.4 is 16.0 Å². The third-order valence-electron chi connectivity index (χ3n) is 7.00. The van der Waals surface area contributed by atoms with Crippen molar-refractivity contribution in [3.8, 4) is 0 Å². The molecule has 0 saturated carbocycles. The predicted molar refractivity (Wildman–Crippen MR) is 187 cm³/mol. The number of carbonyl (C=O) groups excluding carboxylic acids is 6. The van der Waals surface area contributed by atoms with Crippen LogP contribution in [0.2, 0.25) is 0 Å². The Labute approximate surface area is 291 Å². The van der Waals surface area contributed by atoms with Gasteiger partial charge in [-0.15, -0.1) is 0 Å². The Bertz CT molecular complexity index is 1520. The summed E-state index contributed by atoms with van der Waals surface area (Å²) < 4.78 is 14.2. The monoisotopic (exact) mass is 685 g/mol. The molecule has 12 nitrogen and oxygen atoms in total. The molecule has 0 heterocycles. The largest absolute Gasteiger partial charge is 0.467 e. The molecule has 0 aliphatic rings. The second-order valence-electron chi connectivity index (χ2n) is 10.5. The van der Waals surface area contributed by atoms with Crippen molar-refractivity contribution >= 4 is 35.6 Å². The summed E-state index contributed by atoms with van der Waals surface area (Å²) in [5, 5.41) is 7.92. The number of rotatable bonds is 15. The van der Waals surface area contributed by atoms with Gasteiger partial charge in [-0.3, -0.25) is 14.4 Å². The first-order chi connectivity index (χ1) is 24.1. The number of allylic oxidation sites excluding steroid dienone is 1. The number of ether oxygens (including phenoxy) is 3. The lowest BCUT2D eigenvalue weighted by molar-refractivity contribution is -0.143. The maximum Gasteiger partial charge on any atom is 0.328 e. The van der Waals surface area contributed by atoms with Gasteiger partial charge in [-0.25, -0.2) is 14.4 Å². The number of amides is 3. The Balaban J connectivity index is 0.000000407.